The Bertz CT molecular complexity index is 1060. The lowest BCUT2D eigenvalue weighted by molar-refractivity contribution is -0.946. The molecule has 5 nitrogen and oxygen atoms in total. The third-order valence-electron chi connectivity index (χ3n) is 7.80. The van der Waals surface area contributed by atoms with Gasteiger partial charge in [0, 0.05) is 18.8 Å². The lowest BCUT2D eigenvalue weighted by Gasteiger charge is -2.52. The van der Waals surface area contributed by atoms with Crippen LogP contribution in [0.4, 0.5) is 0 Å². The van der Waals surface area contributed by atoms with Crippen LogP contribution in [0.1, 0.15) is 29.5 Å². The van der Waals surface area contributed by atoms with Crippen LogP contribution in [0.2, 0.25) is 0 Å². The second-order valence-corrected chi connectivity index (χ2v) is 9.96. The first-order chi connectivity index (χ1) is 17.1. The Labute approximate surface area is 207 Å². The molecule has 3 aliphatic rings. The Hall–Kier alpha value is -2.99. The Morgan fingerprint density at radius 2 is 1.40 bits per heavy atom. The van der Waals surface area contributed by atoms with Crippen LogP contribution in [0.3, 0.4) is 0 Å². The van der Waals surface area contributed by atoms with E-state index in [2.05, 4.69) is 12.1 Å². The predicted molar refractivity (Wildman–Crippen MR) is 134 cm³/mol. The summed E-state index contributed by atoms with van der Waals surface area (Å²) in [6, 6.07) is 28.4. The highest BCUT2D eigenvalue weighted by atomic mass is 16.6. The zero-order chi connectivity index (χ0) is 24.1. The SMILES string of the molecule is O=C(OC1C[N+]2(CCOCc3ccccc3)CCC1CC2)C(O)(c1ccccc1)c1ccccc1. The summed E-state index contributed by atoms with van der Waals surface area (Å²) in [4.78, 5) is 13.6. The predicted octanol–water partition coefficient (Wildman–Crippen LogP) is 4.29. The fraction of sp³-hybridized carbons (Fsp3) is 0.367. The molecule has 2 bridgehead atoms. The number of fused-ring (bicyclic) bond motifs is 3. The minimum atomic E-state index is -1.84. The van der Waals surface area contributed by atoms with Crippen molar-refractivity contribution in [1.29, 1.82) is 0 Å². The number of esters is 1. The zero-order valence-corrected chi connectivity index (χ0v) is 20.1. The van der Waals surface area contributed by atoms with Crippen molar-refractivity contribution in [2.24, 2.45) is 5.92 Å². The molecule has 0 saturated carbocycles. The minimum Gasteiger partial charge on any atom is -0.453 e. The number of ether oxygens (including phenoxy) is 2. The number of carbonyl (C=O) groups is 1. The molecule has 5 heteroatoms. The van der Waals surface area contributed by atoms with E-state index >= 15 is 0 Å². The molecule has 3 saturated heterocycles. The smallest absolute Gasteiger partial charge is 0.348 e. The molecule has 1 unspecified atom stereocenters. The van der Waals surface area contributed by atoms with Gasteiger partial charge in [0.25, 0.3) is 0 Å². The van der Waals surface area contributed by atoms with Crippen LogP contribution in [0.15, 0.2) is 91.0 Å². The van der Waals surface area contributed by atoms with Gasteiger partial charge in [-0.15, -0.1) is 0 Å². The van der Waals surface area contributed by atoms with Crippen LogP contribution in [-0.2, 0) is 26.5 Å². The van der Waals surface area contributed by atoms with E-state index in [-0.39, 0.29) is 6.10 Å². The first-order valence-corrected chi connectivity index (χ1v) is 12.6. The van der Waals surface area contributed by atoms with Gasteiger partial charge < -0.3 is 19.1 Å². The normalized spacial score (nSPS) is 23.7. The molecular formula is C30H34NO4+. The van der Waals surface area contributed by atoms with Crippen molar-refractivity contribution in [2.75, 3.05) is 32.8 Å². The largest absolute Gasteiger partial charge is 0.453 e. The summed E-state index contributed by atoms with van der Waals surface area (Å²) in [5.74, 6) is -0.243. The molecule has 3 fully saturated rings. The number of carbonyl (C=O) groups excluding carboxylic acids is 1. The first kappa shape index (κ1) is 23.7. The van der Waals surface area contributed by atoms with Gasteiger partial charge >= 0.3 is 5.97 Å². The second kappa shape index (κ2) is 10.3. The number of hydrogen-bond donors (Lipinski definition) is 1. The number of piperidine rings is 3. The van der Waals surface area contributed by atoms with Gasteiger partial charge in [0.2, 0.25) is 5.60 Å². The maximum Gasteiger partial charge on any atom is 0.348 e. The zero-order valence-electron chi connectivity index (χ0n) is 20.1. The van der Waals surface area contributed by atoms with Crippen molar-refractivity contribution in [3.8, 4) is 0 Å². The number of hydrogen-bond acceptors (Lipinski definition) is 4. The Kier molecular flexibility index (Phi) is 7.00. The number of nitrogens with zero attached hydrogens (tertiary/aromatic N) is 1. The third kappa shape index (κ3) is 5.03. The van der Waals surface area contributed by atoms with Crippen molar-refractivity contribution >= 4 is 5.97 Å². The molecule has 0 spiro atoms. The van der Waals surface area contributed by atoms with Crippen LogP contribution >= 0.6 is 0 Å². The number of benzene rings is 3. The molecule has 0 aromatic heterocycles. The van der Waals surface area contributed by atoms with Crippen LogP contribution in [-0.4, -0.2) is 54.4 Å². The maximum atomic E-state index is 13.6. The van der Waals surface area contributed by atoms with Gasteiger partial charge in [-0.25, -0.2) is 4.79 Å². The van der Waals surface area contributed by atoms with E-state index in [1.165, 1.54) is 5.56 Å². The fourth-order valence-electron chi connectivity index (χ4n) is 5.68. The molecule has 182 valence electrons. The highest BCUT2D eigenvalue weighted by Crippen LogP contribution is 2.38. The van der Waals surface area contributed by atoms with Gasteiger partial charge in [0.15, 0.2) is 6.10 Å². The average molecular weight is 473 g/mol. The summed E-state index contributed by atoms with van der Waals surface area (Å²) >= 11 is 0. The molecule has 0 radical (unpaired) electrons. The molecule has 3 heterocycles. The fourth-order valence-corrected chi connectivity index (χ4v) is 5.68. The molecule has 1 N–H and O–H groups in total. The second-order valence-electron chi connectivity index (χ2n) is 9.96. The summed E-state index contributed by atoms with van der Waals surface area (Å²) in [7, 11) is 0. The molecular weight excluding hydrogens is 438 g/mol. The average Bonchev–Trinajstić information content (AvgIpc) is 2.93. The van der Waals surface area contributed by atoms with E-state index in [0.29, 0.717) is 30.3 Å². The number of quaternary nitrogens is 1. The molecule has 0 aliphatic carbocycles. The summed E-state index contributed by atoms with van der Waals surface area (Å²) in [6.07, 6.45) is 1.87. The van der Waals surface area contributed by atoms with Gasteiger partial charge in [-0.05, 0) is 16.7 Å². The number of aliphatic hydroxyl groups is 1. The summed E-state index contributed by atoms with van der Waals surface area (Å²) in [6.45, 7) is 5.17. The summed E-state index contributed by atoms with van der Waals surface area (Å²) in [5.41, 5.74) is 0.391. The molecule has 3 aliphatic heterocycles. The van der Waals surface area contributed by atoms with Crippen molar-refractivity contribution in [2.45, 2.75) is 31.2 Å². The minimum absolute atomic E-state index is 0.196. The van der Waals surface area contributed by atoms with E-state index in [0.717, 1.165) is 43.5 Å². The van der Waals surface area contributed by atoms with E-state index < -0.39 is 11.6 Å². The Morgan fingerprint density at radius 3 is 1.97 bits per heavy atom. The number of rotatable bonds is 9. The molecule has 3 aromatic carbocycles. The van der Waals surface area contributed by atoms with Crippen LogP contribution in [0.25, 0.3) is 0 Å². The molecule has 3 aromatic rings. The van der Waals surface area contributed by atoms with E-state index in [4.69, 9.17) is 9.47 Å². The van der Waals surface area contributed by atoms with Gasteiger partial charge in [-0.1, -0.05) is 91.0 Å². The lowest BCUT2D eigenvalue weighted by Crippen LogP contribution is -2.65. The molecule has 6 rings (SSSR count). The van der Waals surface area contributed by atoms with Gasteiger partial charge in [-0.2, -0.15) is 0 Å². The van der Waals surface area contributed by atoms with Crippen LogP contribution < -0.4 is 0 Å². The van der Waals surface area contributed by atoms with Crippen molar-refractivity contribution < 1.29 is 23.9 Å². The summed E-state index contributed by atoms with van der Waals surface area (Å²) < 4.78 is 13.1. The lowest BCUT2D eigenvalue weighted by atomic mass is 9.82. The van der Waals surface area contributed by atoms with Gasteiger partial charge in [0.1, 0.15) is 13.1 Å². The standard InChI is InChI=1S/C30H34NO4/c32-29(30(33,26-12-6-2-7-13-26)27-14-8-3-9-15-27)35-28-22-31(18-16-25(28)17-19-31)20-21-34-23-24-10-4-1-5-11-24/h1-15,25,28,33H,16-23H2/q+1. The Balaban J connectivity index is 1.27. The van der Waals surface area contributed by atoms with Gasteiger partial charge in [-0.3, -0.25) is 0 Å². The van der Waals surface area contributed by atoms with Crippen molar-refractivity contribution in [3.05, 3.63) is 108 Å². The quantitative estimate of drug-likeness (QED) is 0.287. The summed E-state index contributed by atoms with van der Waals surface area (Å²) in [5, 5.41) is 11.8. The molecule has 1 atom stereocenters. The molecule has 0 amide bonds. The Morgan fingerprint density at radius 1 is 0.857 bits per heavy atom. The van der Waals surface area contributed by atoms with Gasteiger partial charge in [0.05, 0.1) is 26.3 Å². The van der Waals surface area contributed by atoms with E-state index in [1.807, 2.05) is 54.6 Å². The highest BCUT2D eigenvalue weighted by Gasteiger charge is 2.50. The van der Waals surface area contributed by atoms with E-state index in [1.54, 1.807) is 24.3 Å². The maximum absolute atomic E-state index is 13.6. The third-order valence-corrected chi connectivity index (χ3v) is 7.80. The van der Waals surface area contributed by atoms with Crippen LogP contribution in [0, 0.1) is 5.92 Å². The monoisotopic (exact) mass is 472 g/mol. The first-order valence-electron chi connectivity index (χ1n) is 12.6. The molecule has 35 heavy (non-hydrogen) atoms. The van der Waals surface area contributed by atoms with Crippen molar-refractivity contribution in [1.82, 2.24) is 0 Å². The van der Waals surface area contributed by atoms with E-state index in [9.17, 15) is 9.90 Å². The highest BCUT2D eigenvalue weighted by molar-refractivity contribution is 5.85. The van der Waals surface area contributed by atoms with Crippen molar-refractivity contribution in [3.63, 3.8) is 0 Å². The van der Waals surface area contributed by atoms with Crippen LogP contribution in [0.5, 0.6) is 0 Å². The topological polar surface area (TPSA) is 55.8 Å².